The molecule has 0 aliphatic heterocycles. The highest BCUT2D eigenvalue weighted by molar-refractivity contribution is 5.84. The fraction of sp³-hybridized carbons (Fsp3) is 0.700. The number of hydrogen-bond donors (Lipinski definition) is 1. The maximum Gasteiger partial charge on any atom is 0.0381 e. The Morgan fingerprint density at radius 3 is 2.75 bits per heavy atom. The van der Waals surface area contributed by atoms with Crippen LogP contribution in [0.3, 0.4) is 0 Å². The Bertz CT molecular complexity index is 150. The van der Waals surface area contributed by atoms with E-state index in [0.717, 1.165) is 6.42 Å². The first kappa shape index (κ1) is 11.2. The molecule has 0 aromatic heterocycles. The van der Waals surface area contributed by atoms with E-state index in [1.165, 1.54) is 18.6 Å². The van der Waals surface area contributed by atoms with Crippen LogP contribution in [-0.2, 0) is 0 Å². The Morgan fingerprint density at radius 1 is 1.67 bits per heavy atom. The van der Waals surface area contributed by atoms with E-state index in [1.807, 2.05) is 13.1 Å². The van der Waals surface area contributed by atoms with Crippen LogP contribution in [-0.4, -0.2) is 12.8 Å². The first-order valence-electron chi connectivity index (χ1n) is 4.58. The number of rotatable bonds is 6. The molecule has 0 spiro atoms. The molecule has 1 N–H and O–H groups in total. The lowest BCUT2D eigenvalue weighted by Crippen LogP contribution is -2.13. The van der Waals surface area contributed by atoms with E-state index >= 15 is 0 Å². The van der Waals surface area contributed by atoms with Crippen molar-refractivity contribution in [3.05, 3.63) is 12.7 Å². The quantitative estimate of drug-likeness (QED) is 0.368. The Morgan fingerprint density at radius 2 is 2.33 bits per heavy atom. The van der Waals surface area contributed by atoms with E-state index in [9.17, 15) is 0 Å². The van der Waals surface area contributed by atoms with E-state index in [2.05, 4.69) is 31.0 Å². The van der Waals surface area contributed by atoms with Crippen molar-refractivity contribution in [2.24, 2.45) is 11.0 Å². The molecule has 0 aromatic rings. The molecule has 0 aromatic carbocycles. The van der Waals surface area contributed by atoms with Gasteiger partial charge >= 0.3 is 0 Å². The zero-order chi connectivity index (χ0) is 9.40. The van der Waals surface area contributed by atoms with Crippen LogP contribution in [0.1, 0.15) is 33.1 Å². The summed E-state index contributed by atoms with van der Waals surface area (Å²) >= 11 is 0. The van der Waals surface area contributed by atoms with Gasteiger partial charge in [-0.05, 0) is 19.8 Å². The van der Waals surface area contributed by atoms with Gasteiger partial charge in [0, 0.05) is 18.7 Å². The number of hydrazone groups is 1. The van der Waals surface area contributed by atoms with Crippen molar-refractivity contribution in [3.8, 4) is 0 Å². The lowest BCUT2D eigenvalue weighted by molar-refractivity contribution is 0.613. The summed E-state index contributed by atoms with van der Waals surface area (Å²) in [5, 5.41) is 4.18. The summed E-state index contributed by atoms with van der Waals surface area (Å²) in [5.41, 5.74) is 4.00. The van der Waals surface area contributed by atoms with Gasteiger partial charge in [-0.15, -0.1) is 6.58 Å². The molecule has 0 heterocycles. The molecule has 70 valence electrons. The summed E-state index contributed by atoms with van der Waals surface area (Å²) in [7, 11) is 1.83. The number of allylic oxidation sites excluding steroid dienone is 1. The lowest BCUT2D eigenvalue weighted by atomic mass is 9.95. The molecular formula is C10H20N2. The summed E-state index contributed by atoms with van der Waals surface area (Å²) < 4.78 is 0. The highest BCUT2D eigenvalue weighted by atomic mass is 15.3. The topological polar surface area (TPSA) is 24.4 Å². The van der Waals surface area contributed by atoms with Gasteiger partial charge in [-0.25, -0.2) is 0 Å². The van der Waals surface area contributed by atoms with E-state index < -0.39 is 0 Å². The van der Waals surface area contributed by atoms with Crippen molar-refractivity contribution in [2.45, 2.75) is 33.1 Å². The fourth-order valence-electron chi connectivity index (χ4n) is 1.31. The van der Waals surface area contributed by atoms with Gasteiger partial charge in [0.25, 0.3) is 0 Å². The minimum Gasteiger partial charge on any atom is -0.313 e. The average Bonchev–Trinajstić information content (AvgIpc) is 2.04. The molecule has 0 amide bonds. The Hall–Kier alpha value is -0.790. The van der Waals surface area contributed by atoms with Gasteiger partial charge in [-0.1, -0.05) is 19.4 Å². The molecule has 0 bridgehead atoms. The first-order chi connectivity index (χ1) is 5.76. The smallest absolute Gasteiger partial charge is 0.0381 e. The summed E-state index contributed by atoms with van der Waals surface area (Å²) in [5.74, 6) is 0.569. The third-order valence-electron chi connectivity index (χ3n) is 1.97. The molecule has 12 heavy (non-hydrogen) atoms. The second-order valence-corrected chi connectivity index (χ2v) is 2.99. The van der Waals surface area contributed by atoms with Gasteiger partial charge in [0.2, 0.25) is 0 Å². The standard InChI is InChI=1S/C10H20N2/c1-5-7-10(8-6-2)9(3)12-11-4/h5,10-11H,1,6-8H2,2-4H3/b12-9+. The second-order valence-electron chi connectivity index (χ2n) is 2.99. The normalized spacial score (nSPS) is 14.1. The molecule has 0 radical (unpaired) electrons. The maximum absolute atomic E-state index is 4.18. The molecule has 1 atom stereocenters. The monoisotopic (exact) mass is 168 g/mol. The van der Waals surface area contributed by atoms with Crippen LogP contribution < -0.4 is 5.43 Å². The number of hydrogen-bond acceptors (Lipinski definition) is 2. The molecule has 0 fully saturated rings. The van der Waals surface area contributed by atoms with Gasteiger partial charge in [-0.2, -0.15) is 5.10 Å². The predicted octanol–water partition coefficient (Wildman–Crippen LogP) is 2.57. The van der Waals surface area contributed by atoms with Gasteiger partial charge < -0.3 is 5.43 Å². The summed E-state index contributed by atoms with van der Waals surface area (Å²) in [4.78, 5) is 0. The van der Waals surface area contributed by atoms with Gasteiger partial charge in [0.15, 0.2) is 0 Å². The molecule has 2 heteroatoms. The Labute approximate surface area is 75.7 Å². The Kier molecular flexibility index (Phi) is 6.44. The zero-order valence-corrected chi connectivity index (χ0v) is 8.43. The highest BCUT2D eigenvalue weighted by Crippen LogP contribution is 2.13. The van der Waals surface area contributed by atoms with Gasteiger partial charge in [0.05, 0.1) is 0 Å². The first-order valence-corrected chi connectivity index (χ1v) is 4.58. The van der Waals surface area contributed by atoms with Gasteiger partial charge in [-0.3, -0.25) is 0 Å². The predicted molar refractivity (Wildman–Crippen MR) is 55.4 cm³/mol. The number of nitrogens with zero attached hydrogens (tertiary/aromatic N) is 1. The minimum absolute atomic E-state index is 0.569. The summed E-state index contributed by atoms with van der Waals surface area (Å²) in [6.07, 6.45) is 5.40. The van der Waals surface area contributed by atoms with Crippen LogP contribution in [0.4, 0.5) is 0 Å². The van der Waals surface area contributed by atoms with E-state index in [-0.39, 0.29) is 0 Å². The van der Waals surface area contributed by atoms with Crippen molar-refractivity contribution in [1.29, 1.82) is 0 Å². The van der Waals surface area contributed by atoms with Crippen LogP contribution in [0.2, 0.25) is 0 Å². The van der Waals surface area contributed by atoms with E-state index in [1.54, 1.807) is 0 Å². The van der Waals surface area contributed by atoms with Crippen molar-refractivity contribution in [1.82, 2.24) is 5.43 Å². The molecule has 2 nitrogen and oxygen atoms in total. The molecule has 0 saturated heterocycles. The molecular weight excluding hydrogens is 148 g/mol. The summed E-state index contributed by atoms with van der Waals surface area (Å²) in [6.45, 7) is 8.02. The van der Waals surface area contributed by atoms with Crippen LogP contribution in [0, 0.1) is 5.92 Å². The van der Waals surface area contributed by atoms with Crippen LogP contribution >= 0.6 is 0 Å². The van der Waals surface area contributed by atoms with Crippen molar-refractivity contribution in [2.75, 3.05) is 7.05 Å². The molecule has 0 rings (SSSR count). The zero-order valence-electron chi connectivity index (χ0n) is 8.43. The van der Waals surface area contributed by atoms with Crippen LogP contribution in [0.25, 0.3) is 0 Å². The minimum atomic E-state index is 0.569. The van der Waals surface area contributed by atoms with E-state index in [4.69, 9.17) is 0 Å². The highest BCUT2D eigenvalue weighted by Gasteiger charge is 2.08. The van der Waals surface area contributed by atoms with Crippen molar-refractivity contribution in [3.63, 3.8) is 0 Å². The average molecular weight is 168 g/mol. The van der Waals surface area contributed by atoms with Crippen LogP contribution in [0.15, 0.2) is 17.8 Å². The van der Waals surface area contributed by atoms with Crippen molar-refractivity contribution < 1.29 is 0 Å². The van der Waals surface area contributed by atoms with E-state index in [0.29, 0.717) is 5.92 Å². The van der Waals surface area contributed by atoms with Gasteiger partial charge in [0.1, 0.15) is 0 Å². The largest absolute Gasteiger partial charge is 0.313 e. The fourth-order valence-corrected chi connectivity index (χ4v) is 1.31. The third kappa shape index (κ3) is 4.16. The lowest BCUT2D eigenvalue weighted by Gasteiger charge is -2.12. The SMILES string of the molecule is C=CCC(CCC)/C(C)=N/NC. The maximum atomic E-state index is 4.18. The molecule has 1 unspecified atom stereocenters. The molecule has 0 aliphatic rings. The van der Waals surface area contributed by atoms with Crippen molar-refractivity contribution >= 4 is 5.71 Å². The Balaban J connectivity index is 4.07. The third-order valence-corrected chi connectivity index (χ3v) is 1.97. The summed E-state index contributed by atoms with van der Waals surface area (Å²) in [6, 6.07) is 0. The number of nitrogens with one attached hydrogen (secondary N) is 1. The second kappa shape index (κ2) is 6.89. The van der Waals surface area contributed by atoms with Crippen LogP contribution in [0.5, 0.6) is 0 Å². The molecule has 0 saturated carbocycles. The molecule has 0 aliphatic carbocycles.